The highest BCUT2D eigenvalue weighted by atomic mass is 19.1. The minimum absolute atomic E-state index is 0.151. The fraction of sp³-hybridized carbons (Fsp3) is 0.316. The summed E-state index contributed by atoms with van der Waals surface area (Å²) in [6.45, 7) is 5.34. The lowest BCUT2D eigenvalue weighted by molar-refractivity contribution is -0.0979. The summed E-state index contributed by atoms with van der Waals surface area (Å²) < 4.78 is 12.8. The molecule has 0 atom stereocenters. The van der Waals surface area contributed by atoms with Gasteiger partial charge in [-0.25, -0.2) is 4.39 Å². The summed E-state index contributed by atoms with van der Waals surface area (Å²) in [5.74, 6) is -0.151. The zero-order chi connectivity index (χ0) is 15.8. The summed E-state index contributed by atoms with van der Waals surface area (Å²) >= 11 is 0. The smallest absolute Gasteiger partial charge is 0.123 e. The molecule has 116 valence electrons. The highest BCUT2D eigenvalue weighted by Crippen LogP contribution is 2.18. The number of aryl methyl sites for hydroxylation is 1. The molecule has 0 aromatic heterocycles. The second-order valence-electron chi connectivity index (χ2n) is 5.52. The van der Waals surface area contributed by atoms with E-state index in [0.717, 1.165) is 38.9 Å². The van der Waals surface area contributed by atoms with Crippen molar-refractivity contribution in [1.82, 2.24) is 4.90 Å². The average Bonchev–Trinajstić information content (AvgIpc) is 2.58. The van der Waals surface area contributed by atoms with Crippen LogP contribution in [0.3, 0.4) is 0 Å². The molecule has 2 nitrogen and oxygen atoms in total. The quantitative estimate of drug-likeness (QED) is 0.859. The van der Waals surface area contributed by atoms with Crippen molar-refractivity contribution in [2.75, 3.05) is 13.1 Å². The van der Waals surface area contributed by atoms with E-state index in [2.05, 4.69) is 29.2 Å². The minimum Gasteiger partial charge on any atom is -0.307 e. The van der Waals surface area contributed by atoms with E-state index in [-0.39, 0.29) is 5.82 Å². The Hall–Kier alpha value is -2.00. The van der Waals surface area contributed by atoms with Crippen LogP contribution in [0.2, 0.25) is 0 Å². The molecule has 1 aliphatic heterocycles. The topological polar surface area (TPSA) is 20.3 Å². The van der Waals surface area contributed by atoms with Gasteiger partial charge >= 0.3 is 0 Å². The van der Waals surface area contributed by atoms with Crippen molar-refractivity contribution in [2.45, 2.75) is 25.8 Å². The van der Waals surface area contributed by atoms with E-state index in [1.54, 1.807) is 12.1 Å². The molecule has 0 fully saturated rings. The SMILES string of the molecule is C=O.Fc1ccc(CCCN2CCc3ccccc3C2)cc1. The highest BCUT2D eigenvalue weighted by Gasteiger charge is 2.14. The van der Waals surface area contributed by atoms with Gasteiger partial charge in [0.1, 0.15) is 12.6 Å². The first-order valence-electron chi connectivity index (χ1n) is 7.64. The van der Waals surface area contributed by atoms with Crippen LogP contribution in [0, 0.1) is 5.82 Å². The summed E-state index contributed by atoms with van der Waals surface area (Å²) in [6, 6.07) is 15.6. The molecule has 0 aliphatic carbocycles. The van der Waals surface area contributed by atoms with Crippen LogP contribution >= 0.6 is 0 Å². The number of carbonyl (C=O) groups excluding carboxylic acids is 1. The van der Waals surface area contributed by atoms with Crippen LogP contribution in [-0.4, -0.2) is 24.8 Å². The number of hydrogen-bond acceptors (Lipinski definition) is 2. The lowest BCUT2D eigenvalue weighted by Crippen LogP contribution is -2.31. The van der Waals surface area contributed by atoms with Gasteiger partial charge in [-0.05, 0) is 54.6 Å². The molecular formula is C19H22FNO. The molecule has 1 aliphatic rings. The van der Waals surface area contributed by atoms with E-state index < -0.39 is 0 Å². The molecule has 0 radical (unpaired) electrons. The first kappa shape index (κ1) is 16.4. The summed E-state index contributed by atoms with van der Waals surface area (Å²) in [6.07, 6.45) is 3.32. The minimum atomic E-state index is -0.151. The van der Waals surface area contributed by atoms with Gasteiger partial charge in [0.25, 0.3) is 0 Å². The lowest BCUT2D eigenvalue weighted by atomic mass is 9.99. The van der Waals surface area contributed by atoms with Crippen LogP contribution in [0.15, 0.2) is 48.5 Å². The summed E-state index contributed by atoms with van der Waals surface area (Å²) in [5.41, 5.74) is 4.20. The molecule has 0 N–H and O–H groups in total. The number of carbonyl (C=O) groups is 1. The Kier molecular flexibility index (Phi) is 6.28. The van der Waals surface area contributed by atoms with Gasteiger partial charge in [-0.2, -0.15) is 0 Å². The van der Waals surface area contributed by atoms with Crippen LogP contribution < -0.4 is 0 Å². The number of nitrogens with zero attached hydrogens (tertiary/aromatic N) is 1. The molecule has 1 heterocycles. The van der Waals surface area contributed by atoms with E-state index in [4.69, 9.17) is 4.79 Å². The van der Waals surface area contributed by atoms with E-state index >= 15 is 0 Å². The molecule has 22 heavy (non-hydrogen) atoms. The van der Waals surface area contributed by atoms with E-state index in [1.165, 1.54) is 16.7 Å². The van der Waals surface area contributed by atoms with Gasteiger partial charge in [0.15, 0.2) is 0 Å². The highest BCUT2D eigenvalue weighted by molar-refractivity contribution is 5.29. The largest absolute Gasteiger partial charge is 0.307 e. The van der Waals surface area contributed by atoms with Crippen LogP contribution in [0.25, 0.3) is 0 Å². The molecule has 3 heteroatoms. The Bertz CT molecular complexity index is 582. The summed E-state index contributed by atoms with van der Waals surface area (Å²) in [4.78, 5) is 10.5. The van der Waals surface area contributed by atoms with Crippen molar-refractivity contribution in [3.05, 3.63) is 71.0 Å². The van der Waals surface area contributed by atoms with E-state index in [9.17, 15) is 4.39 Å². The van der Waals surface area contributed by atoms with Gasteiger partial charge in [-0.15, -0.1) is 0 Å². The average molecular weight is 299 g/mol. The molecule has 2 aromatic carbocycles. The van der Waals surface area contributed by atoms with Crippen LogP contribution in [0.4, 0.5) is 4.39 Å². The molecular weight excluding hydrogens is 277 g/mol. The zero-order valence-corrected chi connectivity index (χ0v) is 12.8. The van der Waals surface area contributed by atoms with Gasteiger partial charge in [-0.3, -0.25) is 4.90 Å². The number of fused-ring (bicyclic) bond motifs is 1. The van der Waals surface area contributed by atoms with Crippen LogP contribution in [0.5, 0.6) is 0 Å². The van der Waals surface area contributed by atoms with Crippen molar-refractivity contribution in [1.29, 1.82) is 0 Å². The Balaban J connectivity index is 0.000000847. The predicted octanol–water partition coefficient (Wildman–Crippen LogP) is 3.63. The Morgan fingerprint density at radius 3 is 2.41 bits per heavy atom. The van der Waals surface area contributed by atoms with Crippen molar-refractivity contribution >= 4 is 6.79 Å². The Morgan fingerprint density at radius 1 is 1.00 bits per heavy atom. The second kappa shape index (κ2) is 8.44. The third-order valence-electron chi connectivity index (χ3n) is 4.06. The number of rotatable bonds is 4. The van der Waals surface area contributed by atoms with Gasteiger partial charge in [0.2, 0.25) is 0 Å². The second-order valence-corrected chi connectivity index (χ2v) is 5.52. The van der Waals surface area contributed by atoms with Crippen LogP contribution in [0.1, 0.15) is 23.1 Å². The van der Waals surface area contributed by atoms with Crippen molar-refractivity contribution < 1.29 is 9.18 Å². The van der Waals surface area contributed by atoms with E-state index in [1.807, 2.05) is 18.9 Å². The fourth-order valence-electron chi connectivity index (χ4n) is 2.90. The number of hydrogen-bond donors (Lipinski definition) is 0. The van der Waals surface area contributed by atoms with Crippen molar-refractivity contribution in [3.63, 3.8) is 0 Å². The molecule has 3 rings (SSSR count). The Morgan fingerprint density at radius 2 is 1.68 bits per heavy atom. The molecule has 0 spiro atoms. The number of halogens is 1. The molecule has 0 amide bonds. The number of benzene rings is 2. The van der Waals surface area contributed by atoms with Crippen molar-refractivity contribution in [3.8, 4) is 0 Å². The molecule has 0 bridgehead atoms. The maximum Gasteiger partial charge on any atom is 0.123 e. The third kappa shape index (κ3) is 4.50. The molecule has 2 aromatic rings. The molecule has 0 saturated carbocycles. The molecule has 0 saturated heterocycles. The maximum absolute atomic E-state index is 12.8. The van der Waals surface area contributed by atoms with Gasteiger partial charge in [0, 0.05) is 13.1 Å². The third-order valence-corrected chi connectivity index (χ3v) is 4.06. The lowest BCUT2D eigenvalue weighted by Gasteiger charge is -2.28. The monoisotopic (exact) mass is 299 g/mol. The van der Waals surface area contributed by atoms with Crippen LogP contribution in [-0.2, 0) is 24.2 Å². The van der Waals surface area contributed by atoms with Gasteiger partial charge in [0.05, 0.1) is 0 Å². The fourth-order valence-corrected chi connectivity index (χ4v) is 2.90. The first-order valence-corrected chi connectivity index (χ1v) is 7.64. The van der Waals surface area contributed by atoms with Gasteiger partial charge < -0.3 is 4.79 Å². The van der Waals surface area contributed by atoms with Gasteiger partial charge in [-0.1, -0.05) is 36.4 Å². The summed E-state index contributed by atoms with van der Waals surface area (Å²) in [7, 11) is 0. The molecule has 0 unspecified atom stereocenters. The standard InChI is InChI=1S/C18H20FN.CH2O/c19-18-9-7-15(8-10-18)4-3-12-20-13-11-16-5-1-2-6-17(16)14-20;1-2/h1-2,5-10H,3-4,11-14H2;1H2. The van der Waals surface area contributed by atoms with E-state index in [0.29, 0.717) is 0 Å². The maximum atomic E-state index is 12.8. The summed E-state index contributed by atoms with van der Waals surface area (Å²) in [5, 5.41) is 0. The predicted molar refractivity (Wildman–Crippen MR) is 87.3 cm³/mol. The van der Waals surface area contributed by atoms with Crippen molar-refractivity contribution in [2.24, 2.45) is 0 Å². The first-order chi connectivity index (χ1) is 10.8. The Labute approximate surface area is 131 Å². The zero-order valence-electron chi connectivity index (χ0n) is 12.8. The normalized spacial score (nSPS) is 13.9.